The third-order valence-electron chi connectivity index (χ3n) is 3.17. The average Bonchev–Trinajstić information content (AvgIpc) is 2.58. The van der Waals surface area contributed by atoms with Crippen molar-refractivity contribution in [3.8, 4) is 29.1 Å². The number of benzene rings is 2. The molecule has 2 aromatic rings. The van der Waals surface area contributed by atoms with Crippen LogP contribution in [0.5, 0.6) is 17.2 Å². The Hall–Kier alpha value is -2.86. The van der Waals surface area contributed by atoms with Crippen LogP contribution in [-0.2, 0) is 0 Å². The number of ether oxygens (including phenoxy) is 3. The second-order valence-corrected chi connectivity index (χ2v) is 4.43. The van der Waals surface area contributed by atoms with E-state index in [0.717, 1.165) is 16.7 Å². The van der Waals surface area contributed by atoms with Crippen LogP contribution in [0.15, 0.2) is 43.0 Å². The van der Waals surface area contributed by atoms with Gasteiger partial charge in [0.05, 0.1) is 26.9 Å². The van der Waals surface area contributed by atoms with Gasteiger partial charge in [-0.1, -0.05) is 42.7 Å². The summed E-state index contributed by atoms with van der Waals surface area (Å²) in [7, 11) is 4.74. The summed E-state index contributed by atoms with van der Waals surface area (Å²) in [5.41, 5.74) is 2.45. The zero-order valence-electron chi connectivity index (χ0n) is 13.0. The van der Waals surface area contributed by atoms with Crippen LogP contribution >= 0.6 is 0 Å². The van der Waals surface area contributed by atoms with Crippen molar-refractivity contribution in [2.45, 2.75) is 0 Å². The van der Waals surface area contributed by atoms with Crippen molar-refractivity contribution in [3.05, 3.63) is 59.7 Å². The third-order valence-corrected chi connectivity index (χ3v) is 3.17. The highest BCUT2D eigenvalue weighted by molar-refractivity contribution is 5.71. The summed E-state index contributed by atoms with van der Waals surface area (Å²) in [6.45, 7) is 3.81. The van der Waals surface area contributed by atoms with Crippen LogP contribution in [0.4, 0.5) is 0 Å². The Bertz CT molecular complexity index is 722. The minimum atomic E-state index is 0.514. The fourth-order valence-corrected chi connectivity index (χ4v) is 2.15. The first kappa shape index (κ1) is 15.5. The zero-order chi connectivity index (χ0) is 15.9. The van der Waals surface area contributed by atoms with E-state index in [4.69, 9.17) is 14.2 Å². The lowest BCUT2D eigenvalue weighted by molar-refractivity contribution is 0.323. The summed E-state index contributed by atoms with van der Waals surface area (Å²) in [5.74, 6) is 7.88. The normalized spacial score (nSPS) is 9.41. The van der Waals surface area contributed by atoms with E-state index >= 15 is 0 Å². The molecule has 0 saturated heterocycles. The first-order valence-corrected chi connectivity index (χ1v) is 6.77. The van der Waals surface area contributed by atoms with Gasteiger partial charge in [-0.3, -0.25) is 0 Å². The topological polar surface area (TPSA) is 27.7 Å². The molecule has 0 saturated carbocycles. The molecule has 0 amide bonds. The second kappa shape index (κ2) is 7.24. The Balaban J connectivity index is 2.61. The fourth-order valence-electron chi connectivity index (χ4n) is 2.15. The first-order valence-electron chi connectivity index (χ1n) is 6.77. The molecule has 0 unspecified atom stereocenters. The third kappa shape index (κ3) is 3.07. The molecule has 22 heavy (non-hydrogen) atoms. The van der Waals surface area contributed by atoms with Crippen LogP contribution in [0, 0.1) is 11.8 Å². The van der Waals surface area contributed by atoms with Crippen LogP contribution in [0.1, 0.15) is 16.7 Å². The van der Waals surface area contributed by atoms with E-state index in [9.17, 15) is 0 Å². The first-order chi connectivity index (χ1) is 10.7. The van der Waals surface area contributed by atoms with E-state index in [0.29, 0.717) is 17.2 Å². The molecule has 0 aliphatic carbocycles. The standard InChI is InChI=1S/C19H18O3/c1-5-15-13-16(12-11-14-9-7-6-8-10-14)18(21-3)19(22-4)17(15)20-2/h5-10,13H,1H2,2-4H3. The van der Waals surface area contributed by atoms with Gasteiger partial charge in [-0.15, -0.1) is 0 Å². The Morgan fingerprint density at radius 2 is 1.50 bits per heavy atom. The van der Waals surface area contributed by atoms with Gasteiger partial charge >= 0.3 is 0 Å². The van der Waals surface area contributed by atoms with E-state index in [1.165, 1.54) is 0 Å². The van der Waals surface area contributed by atoms with Gasteiger partial charge in [0.15, 0.2) is 11.5 Å². The number of rotatable bonds is 4. The maximum Gasteiger partial charge on any atom is 0.205 e. The average molecular weight is 294 g/mol. The van der Waals surface area contributed by atoms with Crippen molar-refractivity contribution in [1.29, 1.82) is 0 Å². The van der Waals surface area contributed by atoms with E-state index in [-0.39, 0.29) is 0 Å². The smallest absolute Gasteiger partial charge is 0.205 e. The van der Waals surface area contributed by atoms with Crippen molar-refractivity contribution in [1.82, 2.24) is 0 Å². The highest BCUT2D eigenvalue weighted by Crippen LogP contribution is 2.42. The molecule has 0 fully saturated rings. The predicted molar refractivity (Wildman–Crippen MR) is 88.6 cm³/mol. The fraction of sp³-hybridized carbons (Fsp3) is 0.158. The number of hydrogen-bond donors (Lipinski definition) is 0. The van der Waals surface area contributed by atoms with E-state index in [1.54, 1.807) is 27.4 Å². The Labute approximate surface area is 131 Å². The highest BCUT2D eigenvalue weighted by atomic mass is 16.5. The van der Waals surface area contributed by atoms with Crippen molar-refractivity contribution in [2.24, 2.45) is 0 Å². The summed E-state index contributed by atoms with van der Waals surface area (Å²) in [5, 5.41) is 0. The van der Waals surface area contributed by atoms with Crippen LogP contribution in [0.2, 0.25) is 0 Å². The van der Waals surface area contributed by atoms with Gasteiger partial charge in [0.2, 0.25) is 5.75 Å². The largest absolute Gasteiger partial charge is 0.492 e. The molecule has 0 N–H and O–H groups in total. The van der Waals surface area contributed by atoms with Gasteiger partial charge in [0, 0.05) is 11.1 Å². The zero-order valence-corrected chi connectivity index (χ0v) is 13.0. The molecule has 0 radical (unpaired) electrons. The molecule has 2 rings (SSSR count). The van der Waals surface area contributed by atoms with Crippen LogP contribution in [0.3, 0.4) is 0 Å². The summed E-state index contributed by atoms with van der Waals surface area (Å²) in [4.78, 5) is 0. The molecule has 112 valence electrons. The predicted octanol–water partition coefficient (Wildman–Crippen LogP) is 3.76. The molecule has 3 heteroatoms. The van der Waals surface area contributed by atoms with Crippen molar-refractivity contribution in [3.63, 3.8) is 0 Å². The summed E-state index contributed by atoms with van der Waals surface area (Å²) in [6.07, 6.45) is 1.70. The van der Waals surface area contributed by atoms with Crippen molar-refractivity contribution < 1.29 is 14.2 Å². The molecule has 0 aliphatic heterocycles. The minimum absolute atomic E-state index is 0.514. The summed E-state index contributed by atoms with van der Waals surface area (Å²) < 4.78 is 16.3. The molecule has 0 bridgehead atoms. The van der Waals surface area contributed by atoms with Crippen molar-refractivity contribution in [2.75, 3.05) is 21.3 Å². The Kier molecular flexibility index (Phi) is 5.11. The molecule has 0 heterocycles. The maximum absolute atomic E-state index is 5.46. The monoisotopic (exact) mass is 294 g/mol. The van der Waals surface area contributed by atoms with E-state index < -0.39 is 0 Å². The van der Waals surface area contributed by atoms with Crippen LogP contribution in [0.25, 0.3) is 6.08 Å². The van der Waals surface area contributed by atoms with Gasteiger partial charge in [-0.05, 0) is 18.2 Å². The quantitative estimate of drug-likeness (QED) is 0.804. The Morgan fingerprint density at radius 1 is 0.864 bits per heavy atom. The van der Waals surface area contributed by atoms with Crippen LogP contribution in [-0.4, -0.2) is 21.3 Å². The van der Waals surface area contributed by atoms with Crippen LogP contribution < -0.4 is 14.2 Å². The second-order valence-electron chi connectivity index (χ2n) is 4.43. The van der Waals surface area contributed by atoms with Gasteiger partial charge in [0.1, 0.15) is 0 Å². The maximum atomic E-state index is 5.46. The summed E-state index contributed by atoms with van der Waals surface area (Å²) in [6, 6.07) is 11.6. The molecule has 3 nitrogen and oxygen atoms in total. The minimum Gasteiger partial charge on any atom is -0.492 e. The van der Waals surface area contributed by atoms with Crippen molar-refractivity contribution >= 4 is 6.08 Å². The van der Waals surface area contributed by atoms with Gasteiger partial charge in [-0.2, -0.15) is 0 Å². The molecule has 0 spiro atoms. The lowest BCUT2D eigenvalue weighted by Crippen LogP contribution is -1.99. The molecular weight excluding hydrogens is 276 g/mol. The number of hydrogen-bond acceptors (Lipinski definition) is 3. The van der Waals surface area contributed by atoms with E-state index in [1.807, 2.05) is 36.4 Å². The molecule has 0 aliphatic rings. The molecular formula is C19H18O3. The van der Waals surface area contributed by atoms with E-state index in [2.05, 4.69) is 18.4 Å². The lowest BCUT2D eigenvalue weighted by Gasteiger charge is -2.15. The summed E-state index contributed by atoms with van der Waals surface area (Å²) >= 11 is 0. The molecule has 0 atom stereocenters. The van der Waals surface area contributed by atoms with Gasteiger partial charge < -0.3 is 14.2 Å². The number of methoxy groups -OCH3 is 3. The SMILES string of the molecule is C=Cc1cc(C#Cc2ccccc2)c(OC)c(OC)c1OC. The lowest BCUT2D eigenvalue weighted by atomic mass is 10.1. The molecule has 2 aromatic carbocycles. The van der Waals surface area contributed by atoms with Gasteiger partial charge in [0.25, 0.3) is 0 Å². The van der Waals surface area contributed by atoms with Gasteiger partial charge in [-0.25, -0.2) is 0 Å². The Morgan fingerprint density at radius 3 is 2.05 bits per heavy atom. The molecule has 0 aromatic heterocycles. The highest BCUT2D eigenvalue weighted by Gasteiger charge is 2.18.